The molecule has 0 atom stereocenters. The lowest BCUT2D eigenvalue weighted by Gasteiger charge is -2.30. The SMILES string of the molecule is CCc1nc(CNC(=NC)NC2CCC(c3ccccc3)CC2)cs1.I. The predicted octanol–water partition coefficient (Wildman–Crippen LogP) is 4.71. The normalized spacial score (nSPS) is 20.3. The number of aliphatic imine (C=N–C) groups is 1. The average molecular weight is 484 g/mol. The molecule has 1 fully saturated rings. The number of guanidine groups is 1. The van der Waals surface area contributed by atoms with E-state index in [9.17, 15) is 0 Å². The van der Waals surface area contributed by atoms with Crippen LogP contribution in [0.3, 0.4) is 0 Å². The molecular formula is C20H29IN4S. The molecular weight excluding hydrogens is 455 g/mol. The lowest BCUT2D eigenvalue weighted by Crippen LogP contribution is -2.44. The Morgan fingerprint density at radius 3 is 2.54 bits per heavy atom. The first-order valence-electron chi connectivity index (χ1n) is 9.24. The molecule has 1 aliphatic rings. The fourth-order valence-electron chi connectivity index (χ4n) is 3.45. The largest absolute Gasteiger partial charge is 0.354 e. The van der Waals surface area contributed by atoms with E-state index in [1.54, 1.807) is 11.3 Å². The number of halogens is 1. The molecule has 26 heavy (non-hydrogen) atoms. The van der Waals surface area contributed by atoms with E-state index in [1.807, 2.05) is 7.05 Å². The zero-order valence-corrected chi connectivity index (χ0v) is 18.7. The summed E-state index contributed by atoms with van der Waals surface area (Å²) < 4.78 is 0. The van der Waals surface area contributed by atoms with E-state index < -0.39 is 0 Å². The molecule has 0 saturated heterocycles. The van der Waals surface area contributed by atoms with Gasteiger partial charge in [-0.05, 0) is 43.6 Å². The Balaban J connectivity index is 0.00000243. The van der Waals surface area contributed by atoms with Crippen LogP contribution >= 0.6 is 35.3 Å². The molecule has 3 rings (SSSR count). The van der Waals surface area contributed by atoms with Gasteiger partial charge in [-0.1, -0.05) is 37.3 Å². The Morgan fingerprint density at radius 2 is 1.92 bits per heavy atom. The van der Waals surface area contributed by atoms with Crippen molar-refractivity contribution >= 4 is 41.3 Å². The van der Waals surface area contributed by atoms with Crippen LogP contribution in [0.15, 0.2) is 40.7 Å². The van der Waals surface area contributed by atoms with Gasteiger partial charge in [0.2, 0.25) is 0 Å². The van der Waals surface area contributed by atoms with Gasteiger partial charge in [-0.15, -0.1) is 35.3 Å². The number of benzene rings is 1. The minimum Gasteiger partial charge on any atom is -0.354 e. The molecule has 6 heteroatoms. The van der Waals surface area contributed by atoms with Crippen LogP contribution < -0.4 is 10.6 Å². The summed E-state index contributed by atoms with van der Waals surface area (Å²) >= 11 is 1.73. The van der Waals surface area contributed by atoms with Crippen molar-refractivity contribution in [1.82, 2.24) is 15.6 Å². The number of hydrogen-bond donors (Lipinski definition) is 2. The van der Waals surface area contributed by atoms with Gasteiger partial charge in [-0.2, -0.15) is 0 Å². The molecule has 1 aromatic heterocycles. The van der Waals surface area contributed by atoms with Crippen molar-refractivity contribution in [3.8, 4) is 0 Å². The van der Waals surface area contributed by atoms with Crippen LogP contribution in [-0.4, -0.2) is 24.0 Å². The van der Waals surface area contributed by atoms with Crippen molar-refractivity contribution in [2.45, 2.75) is 57.5 Å². The van der Waals surface area contributed by atoms with Gasteiger partial charge in [0, 0.05) is 18.5 Å². The Morgan fingerprint density at radius 1 is 1.19 bits per heavy atom. The molecule has 1 aromatic carbocycles. The first-order chi connectivity index (χ1) is 12.3. The van der Waals surface area contributed by atoms with Gasteiger partial charge < -0.3 is 10.6 Å². The number of rotatable bonds is 5. The summed E-state index contributed by atoms with van der Waals surface area (Å²) in [5.74, 6) is 1.59. The van der Waals surface area contributed by atoms with Crippen LogP contribution in [-0.2, 0) is 13.0 Å². The molecule has 1 saturated carbocycles. The van der Waals surface area contributed by atoms with Crippen LogP contribution in [0.1, 0.15) is 54.8 Å². The van der Waals surface area contributed by atoms with E-state index in [1.165, 1.54) is 36.3 Å². The lowest BCUT2D eigenvalue weighted by atomic mass is 9.82. The highest BCUT2D eigenvalue weighted by molar-refractivity contribution is 14.0. The van der Waals surface area contributed by atoms with E-state index in [-0.39, 0.29) is 24.0 Å². The molecule has 4 nitrogen and oxygen atoms in total. The maximum atomic E-state index is 4.60. The summed E-state index contributed by atoms with van der Waals surface area (Å²) in [5.41, 5.74) is 2.58. The van der Waals surface area contributed by atoms with Crippen molar-refractivity contribution in [2.75, 3.05) is 7.05 Å². The summed E-state index contributed by atoms with van der Waals surface area (Å²) in [6.07, 6.45) is 5.87. The summed E-state index contributed by atoms with van der Waals surface area (Å²) in [6.45, 7) is 2.87. The van der Waals surface area contributed by atoms with Crippen molar-refractivity contribution in [2.24, 2.45) is 4.99 Å². The maximum absolute atomic E-state index is 4.60. The third-order valence-electron chi connectivity index (χ3n) is 4.90. The lowest BCUT2D eigenvalue weighted by molar-refractivity contribution is 0.371. The van der Waals surface area contributed by atoms with Crippen LogP contribution in [0.4, 0.5) is 0 Å². The number of thiazole rings is 1. The molecule has 0 unspecified atom stereocenters. The van der Waals surface area contributed by atoms with E-state index in [2.05, 4.69) is 63.2 Å². The topological polar surface area (TPSA) is 49.3 Å². The number of aryl methyl sites for hydroxylation is 1. The molecule has 1 heterocycles. The summed E-state index contributed by atoms with van der Waals surface area (Å²) in [4.78, 5) is 8.97. The number of hydrogen-bond acceptors (Lipinski definition) is 3. The molecule has 1 aliphatic carbocycles. The van der Waals surface area contributed by atoms with Crippen LogP contribution in [0.2, 0.25) is 0 Å². The summed E-state index contributed by atoms with van der Waals surface area (Å²) in [7, 11) is 1.84. The predicted molar refractivity (Wildman–Crippen MR) is 122 cm³/mol. The number of nitrogens with one attached hydrogen (secondary N) is 2. The zero-order chi connectivity index (χ0) is 17.5. The van der Waals surface area contributed by atoms with Crippen molar-refractivity contribution < 1.29 is 0 Å². The summed E-state index contributed by atoms with van der Waals surface area (Å²) in [5, 5.41) is 10.3. The second-order valence-corrected chi connectivity index (χ2v) is 7.56. The first kappa shape index (κ1) is 21.2. The number of aromatic nitrogens is 1. The minimum atomic E-state index is 0. The van der Waals surface area contributed by atoms with Crippen molar-refractivity contribution in [1.29, 1.82) is 0 Å². The molecule has 142 valence electrons. The Labute approximate surface area is 177 Å². The van der Waals surface area contributed by atoms with E-state index in [4.69, 9.17) is 0 Å². The van der Waals surface area contributed by atoms with Gasteiger partial charge in [0.05, 0.1) is 17.2 Å². The minimum absolute atomic E-state index is 0. The molecule has 0 amide bonds. The third kappa shape index (κ3) is 5.94. The van der Waals surface area contributed by atoms with Gasteiger partial charge >= 0.3 is 0 Å². The summed E-state index contributed by atoms with van der Waals surface area (Å²) in [6, 6.07) is 11.4. The monoisotopic (exact) mass is 484 g/mol. The van der Waals surface area contributed by atoms with E-state index in [0.717, 1.165) is 24.6 Å². The highest BCUT2D eigenvalue weighted by Crippen LogP contribution is 2.32. The first-order valence-corrected chi connectivity index (χ1v) is 10.1. The van der Waals surface area contributed by atoms with Crippen molar-refractivity contribution in [3.63, 3.8) is 0 Å². The van der Waals surface area contributed by atoms with Gasteiger partial charge in [0.1, 0.15) is 0 Å². The van der Waals surface area contributed by atoms with E-state index >= 15 is 0 Å². The molecule has 2 aromatic rings. The third-order valence-corrected chi connectivity index (χ3v) is 5.94. The fourth-order valence-corrected chi connectivity index (χ4v) is 4.20. The standard InChI is InChI=1S/C20H28N4S.HI/c1-3-19-23-18(14-25-19)13-22-20(21-2)24-17-11-9-16(10-12-17)15-7-5-4-6-8-15;/h4-8,14,16-17H,3,9-13H2,1-2H3,(H2,21,22,24);1H. The second kappa shape index (κ2) is 10.9. The van der Waals surface area contributed by atoms with Crippen LogP contribution in [0.25, 0.3) is 0 Å². The Bertz CT molecular complexity index is 678. The Hall–Kier alpha value is -1.15. The quantitative estimate of drug-likeness (QED) is 0.367. The molecule has 2 N–H and O–H groups in total. The average Bonchev–Trinajstić information content (AvgIpc) is 3.14. The molecule has 0 aliphatic heterocycles. The van der Waals surface area contributed by atoms with Gasteiger partial charge in [-0.3, -0.25) is 4.99 Å². The second-order valence-electron chi connectivity index (χ2n) is 6.62. The van der Waals surface area contributed by atoms with Gasteiger partial charge in [-0.25, -0.2) is 4.98 Å². The van der Waals surface area contributed by atoms with Gasteiger partial charge in [0.15, 0.2) is 5.96 Å². The smallest absolute Gasteiger partial charge is 0.191 e. The van der Waals surface area contributed by atoms with Crippen LogP contribution in [0.5, 0.6) is 0 Å². The van der Waals surface area contributed by atoms with E-state index in [0.29, 0.717) is 12.0 Å². The maximum Gasteiger partial charge on any atom is 0.191 e. The van der Waals surface area contributed by atoms with Crippen molar-refractivity contribution in [3.05, 3.63) is 52.0 Å². The Kier molecular flexibility index (Phi) is 8.84. The molecule has 0 bridgehead atoms. The highest BCUT2D eigenvalue weighted by Gasteiger charge is 2.22. The zero-order valence-electron chi connectivity index (χ0n) is 15.6. The fraction of sp³-hybridized carbons (Fsp3) is 0.500. The highest BCUT2D eigenvalue weighted by atomic mass is 127. The number of nitrogens with zero attached hydrogens (tertiary/aromatic N) is 2. The molecule has 0 radical (unpaired) electrons. The molecule has 0 spiro atoms. The van der Waals surface area contributed by atoms with Crippen LogP contribution in [0, 0.1) is 0 Å². The van der Waals surface area contributed by atoms with Gasteiger partial charge in [0.25, 0.3) is 0 Å².